The lowest BCUT2D eigenvalue weighted by Gasteiger charge is -2.08. The minimum atomic E-state index is -0.326. The maximum absolute atomic E-state index is 11.2. The average molecular weight is 289 g/mol. The van der Waals surface area contributed by atoms with E-state index in [1.807, 2.05) is 0 Å². The Kier molecular flexibility index (Phi) is 5.94. The van der Waals surface area contributed by atoms with Gasteiger partial charge in [-0.25, -0.2) is 4.98 Å². The maximum atomic E-state index is 11.2. The molecule has 18 heavy (non-hydrogen) atoms. The predicted octanol–water partition coefficient (Wildman–Crippen LogP) is 2.35. The summed E-state index contributed by atoms with van der Waals surface area (Å²) in [7, 11) is 0. The second-order valence-electron chi connectivity index (χ2n) is 3.28. The van der Waals surface area contributed by atoms with Crippen LogP contribution in [0.1, 0.15) is 13.8 Å². The lowest BCUT2D eigenvalue weighted by atomic mass is 10.4. The molecule has 0 aromatic carbocycles. The first kappa shape index (κ1) is 14.8. The van der Waals surface area contributed by atoms with Crippen molar-refractivity contribution in [3.05, 3.63) is 17.3 Å². The summed E-state index contributed by atoms with van der Waals surface area (Å²) in [6.45, 7) is 3.47. The summed E-state index contributed by atoms with van der Waals surface area (Å²) >= 11 is 6.98. The molecule has 7 heteroatoms. The van der Waals surface area contributed by atoms with Gasteiger partial charge in [0.1, 0.15) is 5.03 Å². The normalized spacial score (nSPS) is 9.94. The van der Waals surface area contributed by atoms with E-state index in [0.717, 1.165) is 0 Å². The molecule has 1 amide bonds. The molecule has 0 aliphatic heterocycles. The van der Waals surface area contributed by atoms with Crippen molar-refractivity contribution in [2.24, 2.45) is 0 Å². The molecule has 1 aromatic heterocycles. The Balaban J connectivity index is 2.74. The van der Waals surface area contributed by atoms with E-state index in [4.69, 9.17) is 16.3 Å². The summed E-state index contributed by atoms with van der Waals surface area (Å²) in [6.07, 6.45) is 1.46. The van der Waals surface area contributed by atoms with Gasteiger partial charge in [0.25, 0.3) is 0 Å². The highest BCUT2D eigenvalue weighted by atomic mass is 35.5. The summed E-state index contributed by atoms with van der Waals surface area (Å²) in [5.74, 6) is -0.417. The van der Waals surface area contributed by atoms with Gasteiger partial charge in [0.2, 0.25) is 5.91 Å². The van der Waals surface area contributed by atoms with Gasteiger partial charge < -0.3 is 10.1 Å². The van der Waals surface area contributed by atoms with Crippen LogP contribution >= 0.6 is 23.4 Å². The second-order valence-corrected chi connectivity index (χ2v) is 4.68. The number of rotatable bonds is 5. The Bertz CT molecular complexity index is 454. The van der Waals surface area contributed by atoms with Gasteiger partial charge >= 0.3 is 5.97 Å². The van der Waals surface area contributed by atoms with E-state index >= 15 is 0 Å². The molecule has 0 fully saturated rings. The molecule has 0 unspecified atom stereocenters. The van der Waals surface area contributed by atoms with Crippen LogP contribution < -0.4 is 5.32 Å². The number of nitrogens with zero attached hydrogens (tertiary/aromatic N) is 1. The lowest BCUT2D eigenvalue weighted by Crippen LogP contribution is -2.09. The standard InChI is InChI=1S/C11H13ClN2O3S/c1-3-17-10(16)6-18-11-9(14-7(2)15)4-8(12)5-13-11/h4-5H,3,6H2,1-2H3,(H,14,15). The number of pyridine rings is 1. The van der Waals surface area contributed by atoms with Crippen molar-refractivity contribution in [2.45, 2.75) is 18.9 Å². The third kappa shape index (κ3) is 4.93. The molecule has 1 rings (SSSR count). The van der Waals surface area contributed by atoms with Crippen molar-refractivity contribution < 1.29 is 14.3 Å². The molecule has 1 heterocycles. The van der Waals surface area contributed by atoms with Gasteiger partial charge in [-0.3, -0.25) is 9.59 Å². The van der Waals surface area contributed by atoms with Gasteiger partial charge in [0, 0.05) is 13.1 Å². The number of anilines is 1. The lowest BCUT2D eigenvalue weighted by molar-refractivity contribution is -0.139. The molecule has 0 saturated heterocycles. The van der Waals surface area contributed by atoms with Crippen LogP contribution in [0.3, 0.4) is 0 Å². The molecule has 0 aliphatic carbocycles. The number of nitrogens with one attached hydrogen (secondary N) is 1. The van der Waals surface area contributed by atoms with Gasteiger partial charge in [0.15, 0.2) is 0 Å². The first-order valence-electron chi connectivity index (χ1n) is 5.24. The molecule has 0 spiro atoms. The van der Waals surface area contributed by atoms with Gasteiger partial charge in [0.05, 0.1) is 23.1 Å². The van der Waals surface area contributed by atoms with Crippen molar-refractivity contribution in [3.8, 4) is 0 Å². The van der Waals surface area contributed by atoms with E-state index in [0.29, 0.717) is 22.3 Å². The van der Waals surface area contributed by atoms with E-state index in [1.54, 1.807) is 13.0 Å². The quantitative estimate of drug-likeness (QED) is 0.665. The molecular formula is C11H13ClN2O3S. The molecule has 98 valence electrons. The van der Waals surface area contributed by atoms with Crippen LogP contribution in [0.4, 0.5) is 5.69 Å². The van der Waals surface area contributed by atoms with Crippen LogP contribution in [0.15, 0.2) is 17.3 Å². The third-order valence-corrected chi connectivity index (χ3v) is 2.95. The smallest absolute Gasteiger partial charge is 0.316 e. The zero-order chi connectivity index (χ0) is 13.5. The van der Waals surface area contributed by atoms with Crippen LogP contribution in [0.25, 0.3) is 0 Å². The molecular weight excluding hydrogens is 276 g/mol. The average Bonchev–Trinajstić information content (AvgIpc) is 2.27. The molecule has 1 N–H and O–H groups in total. The number of hydrogen-bond acceptors (Lipinski definition) is 5. The van der Waals surface area contributed by atoms with E-state index in [2.05, 4.69) is 10.3 Å². The first-order valence-corrected chi connectivity index (χ1v) is 6.60. The fourth-order valence-corrected chi connectivity index (χ4v) is 2.04. The summed E-state index contributed by atoms with van der Waals surface area (Å²) in [5.41, 5.74) is 0.490. The van der Waals surface area contributed by atoms with Gasteiger partial charge in [-0.15, -0.1) is 0 Å². The van der Waals surface area contributed by atoms with Crippen molar-refractivity contribution in [1.29, 1.82) is 0 Å². The van der Waals surface area contributed by atoms with Crippen LogP contribution in [0.2, 0.25) is 5.02 Å². The molecule has 5 nitrogen and oxygen atoms in total. The summed E-state index contributed by atoms with van der Waals surface area (Å²) in [4.78, 5) is 26.3. The van der Waals surface area contributed by atoms with Crippen LogP contribution in [0.5, 0.6) is 0 Å². The van der Waals surface area contributed by atoms with E-state index in [-0.39, 0.29) is 17.6 Å². The number of halogens is 1. The maximum Gasteiger partial charge on any atom is 0.316 e. The molecule has 0 atom stereocenters. The summed E-state index contributed by atoms with van der Waals surface area (Å²) in [6, 6.07) is 1.59. The number of esters is 1. The van der Waals surface area contributed by atoms with Crippen molar-refractivity contribution >= 4 is 40.9 Å². The van der Waals surface area contributed by atoms with Crippen LogP contribution in [0, 0.1) is 0 Å². The van der Waals surface area contributed by atoms with Crippen molar-refractivity contribution in [3.63, 3.8) is 0 Å². The fraction of sp³-hybridized carbons (Fsp3) is 0.364. The number of ether oxygens (including phenoxy) is 1. The monoisotopic (exact) mass is 288 g/mol. The predicted molar refractivity (Wildman–Crippen MR) is 70.9 cm³/mol. The fourth-order valence-electron chi connectivity index (χ4n) is 1.15. The third-order valence-electron chi connectivity index (χ3n) is 1.76. The minimum absolute atomic E-state index is 0.134. The highest BCUT2D eigenvalue weighted by Gasteiger charge is 2.10. The highest BCUT2D eigenvalue weighted by Crippen LogP contribution is 2.27. The Morgan fingerprint density at radius 1 is 1.56 bits per heavy atom. The molecule has 0 aliphatic rings. The van der Waals surface area contributed by atoms with Crippen LogP contribution in [-0.2, 0) is 14.3 Å². The van der Waals surface area contributed by atoms with Gasteiger partial charge in [-0.1, -0.05) is 23.4 Å². The largest absolute Gasteiger partial charge is 0.465 e. The van der Waals surface area contributed by atoms with E-state index in [9.17, 15) is 9.59 Å². The van der Waals surface area contributed by atoms with E-state index in [1.165, 1.54) is 24.9 Å². The molecule has 0 bridgehead atoms. The topological polar surface area (TPSA) is 68.3 Å². The number of thioether (sulfide) groups is 1. The highest BCUT2D eigenvalue weighted by molar-refractivity contribution is 8.00. The van der Waals surface area contributed by atoms with E-state index < -0.39 is 0 Å². The number of hydrogen-bond donors (Lipinski definition) is 1. The first-order chi connectivity index (χ1) is 8.52. The van der Waals surface area contributed by atoms with Crippen LogP contribution in [-0.4, -0.2) is 29.2 Å². The number of carbonyl (C=O) groups is 2. The number of carbonyl (C=O) groups excluding carboxylic acids is 2. The zero-order valence-corrected chi connectivity index (χ0v) is 11.6. The Morgan fingerprint density at radius 3 is 2.89 bits per heavy atom. The molecule has 1 aromatic rings. The number of amides is 1. The summed E-state index contributed by atoms with van der Waals surface area (Å²) in [5, 5.41) is 3.56. The van der Waals surface area contributed by atoms with Gasteiger partial charge in [-0.05, 0) is 13.0 Å². The van der Waals surface area contributed by atoms with Gasteiger partial charge in [-0.2, -0.15) is 0 Å². The Morgan fingerprint density at radius 2 is 2.28 bits per heavy atom. The molecule has 0 radical (unpaired) electrons. The SMILES string of the molecule is CCOC(=O)CSc1ncc(Cl)cc1NC(C)=O. The minimum Gasteiger partial charge on any atom is -0.465 e. The molecule has 0 saturated carbocycles. The summed E-state index contributed by atoms with van der Waals surface area (Å²) < 4.78 is 4.81. The van der Waals surface area contributed by atoms with Crippen molar-refractivity contribution in [1.82, 2.24) is 4.98 Å². The Labute approximate surface area is 114 Å². The van der Waals surface area contributed by atoms with Crippen molar-refractivity contribution in [2.75, 3.05) is 17.7 Å². The second kappa shape index (κ2) is 7.23. The number of aromatic nitrogens is 1. The Hall–Kier alpha value is -1.27. The zero-order valence-electron chi connectivity index (χ0n) is 10.0.